The maximum atomic E-state index is 11.3. The van der Waals surface area contributed by atoms with Gasteiger partial charge in [0.05, 0.1) is 0 Å². The van der Waals surface area contributed by atoms with E-state index in [1.54, 1.807) is 5.48 Å². The second-order valence-corrected chi connectivity index (χ2v) is 1.43. The van der Waals surface area contributed by atoms with E-state index in [0.29, 0.717) is 0 Å². The molecule has 0 heterocycles. The van der Waals surface area contributed by atoms with Crippen molar-refractivity contribution in [3.8, 4) is 12.3 Å². The van der Waals surface area contributed by atoms with Gasteiger partial charge in [-0.05, 0) is 0 Å². The monoisotopic (exact) mass is 153 g/mol. The molecule has 2 nitrogen and oxygen atoms in total. The lowest BCUT2D eigenvalue weighted by Gasteiger charge is -2.05. The van der Waals surface area contributed by atoms with Crippen molar-refractivity contribution >= 4 is 0 Å². The maximum absolute atomic E-state index is 11.3. The Bertz CT molecular complexity index is 126. The van der Waals surface area contributed by atoms with E-state index in [-0.39, 0.29) is 6.61 Å². The Balaban J connectivity index is 3.14. The van der Waals surface area contributed by atoms with E-state index in [1.165, 1.54) is 0 Å². The van der Waals surface area contributed by atoms with Gasteiger partial charge in [0.25, 0.3) is 0 Å². The van der Waals surface area contributed by atoms with Crippen LogP contribution in [0.25, 0.3) is 0 Å². The minimum atomic E-state index is -4.26. The zero-order chi connectivity index (χ0) is 8.04. The van der Waals surface area contributed by atoms with E-state index in [4.69, 9.17) is 0 Å². The molecule has 0 aliphatic heterocycles. The summed E-state index contributed by atoms with van der Waals surface area (Å²) in [6.45, 7) is -1.36. The Morgan fingerprint density at radius 2 is 2.10 bits per heavy atom. The molecule has 5 heteroatoms. The molecule has 0 rings (SSSR count). The van der Waals surface area contributed by atoms with Crippen LogP contribution in [0, 0.1) is 12.3 Å². The Kier molecular flexibility index (Phi) is 3.84. The summed E-state index contributed by atoms with van der Waals surface area (Å²) in [6, 6.07) is 0. The largest absolute Gasteiger partial charge is 0.403 e. The van der Waals surface area contributed by atoms with Crippen LogP contribution in [0.1, 0.15) is 0 Å². The van der Waals surface area contributed by atoms with E-state index in [9.17, 15) is 13.2 Å². The second kappa shape index (κ2) is 4.14. The van der Waals surface area contributed by atoms with Gasteiger partial charge in [0, 0.05) is 0 Å². The van der Waals surface area contributed by atoms with Crippen LogP contribution in [-0.2, 0) is 4.84 Å². The molecule has 0 aromatic rings. The summed E-state index contributed by atoms with van der Waals surface area (Å²) in [4.78, 5) is 4.15. The minimum absolute atomic E-state index is 0.171. The molecule has 0 saturated carbocycles. The number of halogens is 3. The van der Waals surface area contributed by atoms with Crippen molar-refractivity contribution in [3.63, 3.8) is 0 Å². The van der Waals surface area contributed by atoms with Crippen molar-refractivity contribution in [1.29, 1.82) is 0 Å². The summed E-state index contributed by atoms with van der Waals surface area (Å²) in [7, 11) is 0. The predicted molar refractivity (Wildman–Crippen MR) is 28.8 cm³/mol. The van der Waals surface area contributed by atoms with Gasteiger partial charge >= 0.3 is 6.18 Å². The van der Waals surface area contributed by atoms with E-state index in [0.717, 1.165) is 0 Å². The number of rotatable bonds is 3. The quantitative estimate of drug-likeness (QED) is 0.366. The van der Waals surface area contributed by atoms with Gasteiger partial charge < -0.3 is 0 Å². The highest BCUT2D eigenvalue weighted by Crippen LogP contribution is 2.11. The van der Waals surface area contributed by atoms with Crippen molar-refractivity contribution in [3.05, 3.63) is 0 Å². The average molecular weight is 153 g/mol. The first-order valence-corrected chi connectivity index (χ1v) is 2.41. The third-order valence-corrected chi connectivity index (χ3v) is 0.530. The average Bonchev–Trinajstić information content (AvgIpc) is 1.78. The molecule has 0 saturated heterocycles. The zero-order valence-electron chi connectivity index (χ0n) is 5.03. The molecule has 0 spiro atoms. The normalized spacial score (nSPS) is 11.0. The maximum Gasteiger partial charge on any atom is 0.403 e. The van der Waals surface area contributed by atoms with E-state index in [1.807, 2.05) is 5.92 Å². The first kappa shape index (κ1) is 9.27. The standard InChI is InChI=1S/C5H6F3NO/c1-2-3-10-9-4-5(6,7)8/h1,9H,3-4H2. The van der Waals surface area contributed by atoms with Crippen molar-refractivity contribution in [1.82, 2.24) is 5.48 Å². The fourth-order valence-electron chi connectivity index (χ4n) is 0.226. The van der Waals surface area contributed by atoms with Gasteiger partial charge in [0.2, 0.25) is 0 Å². The fourth-order valence-corrected chi connectivity index (χ4v) is 0.226. The summed E-state index contributed by atoms with van der Waals surface area (Å²) >= 11 is 0. The molecule has 1 N–H and O–H groups in total. The molecule has 0 fully saturated rings. The van der Waals surface area contributed by atoms with Crippen LogP contribution >= 0.6 is 0 Å². The first-order chi connectivity index (χ1) is 4.56. The van der Waals surface area contributed by atoms with Gasteiger partial charge in [-0.3, -0.25) is 4.84 Å². The first-order valence-electron chi connectivity index (χ1n) is 2.41. The molecule has 0 amide bonds. The van der Waals surface area contributed by atoms with E-state index in [2.05, 4.69) is 11.3 Å². The molecule has 0 aromatic heterocycles. The van der Waals surface area contributed by atoms with Crippen molar-refractivity contribution in [2.24, 2.45) is 0 Å². The summed E-state index contributed by atoms with van der Waals surface area (Å²) in [5, 5.41) is 0. The van der Waals surface area contributed by atoms with E-state index < -0.39 is 12.7 Å². The van der Waals surface area contributed by atoms with Crippen molar-refractivity contribution in [2.45, 2.75) is 6.18 Å². The van der Waals surface area contributed by atoms with Crippen LogP contribution in [0.4, 0.5) is 13.2 Å². The third kappa shape index (κ3) is 7.27. The Morgan fingerprint density at radius 3 is 2.50 bits per heavy atom. The number of hydroxylamine groups is 1. The SMILES string of the molecule is C#CCONCC(F)(F)F. The molecule has 0 aliphatic carbocycles. The predicted octanol–water partition coefficient (Wildman–Crippen LogP) is 0.703. The highest BCUT2D eigenvalue weighted by Gasteiger charge is 2.26. The molecule has 0 unspecified atom stereocenters. The lowest BCUT2D eigenvalue weighted by atomic mass is 10.7. The van der Waals surface area contributed by atoms with Gasteiger partial charge in [0.1, 0.15) is 13.2 Å². The number of hydrogen-bond donors (Lipinski definition) is 1. The Hall–Kier alpha value is -0.730. The summed E-state index contributed by atoms with van der Waals surface area (Å²) < 4.78 is 33.9. The van der Waals surface area contributed by atoms with Crippen LogP contribution in [0.5, 0.6) is 0 Å². The zero-order valence-corrected chi connectivity index (χ0v) is 5.03. The number of terminal acetylenes is 1. The summed E-state index contributed by atoms with van der Waals surface area (Å²) in [6.07, 6.45) is 0.427. The smallest absolute Gasteiger partial charge is 0.289 e. The fraction of sp³-hybridized carbons (Fsp3) is 0.600. The van der Waals surface area contributed by atoms with Crippen LogP contribution in [-0.4, -0.2) is 19.3 Å². The number of hydrogen-bond acceptors (Lipinski definition) is 2. The Labute approximate surface area is 56.3 Å². The lowest BCUT2D eigenvalue weighted by molar-refractivity contribution is -0.147. The highest BCUT2D eigenvalue weighted by molar-refractivity contribution is 4.82. The highest BCUT2D eigenvalue weighted by atomic mass is 19.4. The van der Waals surface area contributed by atoms with Crippen LogP contribution < -0.4 is 5.48 Å². The summed E-state index contributed by atoms with van der Waals surface area (Å²) in [5.74, 6) is 2.00. The third-order valence-electron chi connectivity index (χ3n) is 0.530. The second-order valence-electron chi connectivity index (χ2n) is 1.43. The summed E-state index contributed by atoms with van der Waals surface area (Å²) in [5.41, 5.74) is 1.66. The number of nitrogens with one attached hydrogen (secondary N) is 1. The lowest BCUT2D eigenvalue weighted by Crippen LogP contribution is -2.28. The molecule has 0 aromatic carbocycles. The molecule has 0 bridgehead atoms. The van der Waals surface area contributed by atoms with Gasteiger partial charge in [-0.2, -0.15) is 18.7 Å². The topological polar surface area (TPSA) is 21.3 Å². The van der Waals surface area contributed by atoms with Crippen LogP contribution in [0.2, 0.25) is 0 Å². The molecule has 58 valence electrons. The van der Waals surface area contributed by atoms with Crippen LogP contribution in [0.15, 0.2) is 0 Å². The van der Waals surface area contributed by atoms with E-state index >= 15 is 0 Å². The van der Waals surface area contributed by atoms with Gasteiger partial charge in [-0.25, -0.2) is 0 Å². The molecular formula is C5H6F3NO. The minimum Gasteiger partial charge on any atom is -0.289 e. The van der Waals surface area contributed by atoms with Crippen molar-refractivity contribution < 1.29 is 18.0 Å². The van der Waals surface area contributed by atoms with Gasteiger partial charge in [-0.15, -0.1) is 6.42 Å². The molecule has 0 radical (unpaired) electrons. The van der Waals surface area contributed by atoms with Crippen molar-refractivity contribution in [2.75, 3.05) is 13.2 Å². The Morgan fingerprint density at radius 1 is 1.50 bits per heavy atom. The molecule has 0 atom stereocenters. The number of alkyl halides is 3. The van der Waals surface area contributed by atoms with Gasteiger partial charge in [0.15, 0.2) is 0 Å². The van der Waals surface area contributed by atoms with Crippen LogP contribution in [0.3, 0.4) is 0 Å². The van der Waals surface area contributed by atoms with Gasteiger partial charge in [-0.1, -0.05) is 5.92 Å². The molecular weight excluding hydrogens is 147 g/mol. The molecule has 10 heavy (non-hydrogen) atoms. The molecule has 0 aliphatic rings.